The molecule has 0 aliphatic carbocycles. The average Bonchev–Trinajstić information content (AvgIpc) is 2.61. The van der Waals surface area contributed by atoms with Crippen molar-refractivity contribution in [3.8, 4) is 5.75 Å². The van der Waals surface area contributed by atoms with Crippen molar-refractivity contribution < 1.29 is 27.8 Å². The van der Waals surface area contributed by atoms with E-state index in [4.69, 9.17) is 0 Å². The summed E-state index contributed by atoms with van der Waals surface area (Å²) in [6.07, 6.45) is 0. The standard InChI is InChI=1S/C18H14N2O7S/c1-10-2-3-11(8-16(10)20(23)24)18(22)19-15-6-7-17(28(25,26)27)13-5-4-12(21)9-14(13)15/h2-9,21H,1H3,(H,19,22)(H,25,26,27). The summed E-state index contributed by atoms with van der Waals surface area (Å²) in [5.41, 5.74) is 0.377. The Morgan fingerprint density at radius 2 is 1.79 bits per heavy atom. The molecule has 3 N–H and O–H groups in total. The fourth-order valence-electron chi connectivity index (χ4n) is 2.78. The second kappa shape index (κ2) is 6.91. The number of rotatable bonds is 4. The number of hydrogen-bond acceptors (Lipinski definition) is 6. The Kier molecular flexibility index (Phi) is 4.75. The maximum absolute atomic E-state index is 12.5. The molecule has 28 heavy (non-hydrogen) atoms. The fraction of sp³-hybridized carbons (Fsp3) is 0.0556. The van der Waals surface area contributed by atoms with Gasteiger partial charge in [0.2, 0.25) is 0 Å². The van der Waals surface area contributed by atoms with E-state index in [1.807, 2.05) is 0 Å². The van der Waals surface area contributed by atoms with Crippen LogP contribution in [0.4, 0.5) is 11.4 Å². The molecule has 0 saturated heterocycles. The van der Waals surface area contributed by atoms with Crippen LogP contribution in [0, 0.1) is 17.0 Å². The third kappa shape index (κ3) is 3.63. The number of nitrogens with zero attached hydrogens (tertiary/aromatic N) is 1. The van der Waals surface area contributed by atoms with Crippen molar-refractivity contribution in [1.29, 1.82) is 0 Å². The van der Waals surface area contributed by atoms with Gasteiger partial charge in [-0.25, -0.2) is 0 Å². The van der Waals surface area contributed by atoms with Gasteiger partial charge < -0.3 is 10.4 Å². The van der Waals surface area contributed by atoms with Crippen LogP contribution in [0.3, 0.4) is 0 Å². The minimum absolute atomic E-state index is 0.0319. The van der Waals surface area contributed by atoms with Crippen LogP contribution < -0.4 is 5.32 Å². The van der Waals surface area contributed by atoms with E-state index < -0.39 is 20.9 Å². The molecule has 0 aliphatic heterocycles. The number of nitro benzene ring substituents is 1. The first-order valence-corrected chi connectivity index (χ1v) is 9.31. The van der Waals surface area contributed by atoms with Crippen molar-refractivity contribution in [3.63, 3.8) is 0 Å². The molecule has 0 bridgehead atoms. The molecule has 0 heterocycles. The Hall–Kier alpha value is -3.50. The van der Waals surface area contributed by atoms with E-state index in [0.29, 0.717) is 5.56 Å². The SMILES string of the molecule is Cc1ccc(C(=O)Nc2ccc(S(=O)(=O)O)c3ccc(O)cc23)cc1[N+](=O)[O-]. The van der Waals surface area contributed by atoms with Gasteiger partial charge in [0.25, 0.3) is 21.7 Å². The second-order valence-corrected chi connectivity index (χ2v) is 7.42. The number of phenols is 1. The highest BCUT2D eigenvalue weighted by molar-refractivity contribution is 7.86. The van der Waals surface area contributed by atoms with Crippen molar-refractivity contribution in [2.45, 2.75) is 11.8 Å². The number of benzene rings is 3. The van der Waals surface area contributed by atoms with E-state index >= 15 is 0 Å². The van der Waals surface area contributed by atoms with Crippen LogP contribution in [-0.4, -0.2) is 28.9 Å². The number of carbonyl (C=O) groups excluding carboxylic acids is 1. The molecule has 9 nitrogen and oxygen atoms in total. The molecular weight excluding hydrogens is 388 g/mol. The quantitative estimate of drug-likeness (QED) is 0.345. The van der Waals surface area contributed by atoms with E-state index in [-0.39, 0.29) is 38.4 Å². The van der Waals surface area contributed by atoms with Gasteiger partial charge in [0.15, 0.2) is 0 Å². The van der Waals surface area contributed by atoms with Crippen LogP contribution in [-0.2, 0) is 10.1 Å². The Morgan fingerprint density at radius 1 is 1.07 bits per heavy atom. The van der Waals surface area contributed by atoms with Gasteiger partial charge in [0, 0.05) is 33.7 Å². The van der Waals surface area contributed by atoms with Crippen LogP contribution in [0.5, 0.6) is 5.75 Å². The summed E-state index contributed by atoms with van der Waals surface area (Å²) in [5, 5.41) is 23.6. The lowest BCUT2D eigenvalue weighted by molar-refractivity contribution is -0.385. The summed E-state index contributed by atoms with van der Waals surface area (Å²) >= 11 is 0. The number of carbonyl (C=O) groups is 1. The lowest BCUT2D eigenvalue weighted by Crippen LogP contribution is -2.13. The molecule has 0 spiro atoms. The molecule has 0 saturated carbocycles. The number of anilines is 1. The number of aromatic hydroxyl groups is 1. The van der Waals surface area contributed by atoms with Gasteiger partial charge in [-0.15, -0.1) is 0 Å². The number of nitro groups is 1. The first kappa shape index (κ1) is 19.3. The molecule has 0 radical (unpaired) electrons. The highest BCUT2D eigenvalue weighted by Crippen LogP contribution is 2.32. The van der Waals surface area contributed by atoms with Crippen LogP contribution in [0.1, 0.15) is 15.9 Å². The predicted octanol–water partition coefficient (Wildman–Crippen LogP) is 3.26. The van der Waals surface area contributed by atoms with Crippen molar-refractivity contribution >= 4 is 38.2 Å². The molecule has 0 fully saturated rings. The second-order valence-electron chi connectivity index (χ2n) is 6.03. The minimum atomic E-state index is -4.53. The number of nitrogens with one attached hydrogen (secondary N) is 1. The first-order chi connectivity index (χ1) is 13.1. The zero-order valence-corrected chi connectivity index (χ0v) is 15.2. The molecule has 3 aromatic rings. The number of aryl methyl sites for hydroxylation is 1. The van der Waals surface area contributed by atoms with Crippen LogP contribution in [0.2, 0.25) is 0 Å². The number of amides is 1. The maximum atomic E-state index is 12.5. The third-order valence-electron chi connectivity index (χ3n) is 4.15. The van der Waals surface area contributed by atoms with Gasteiger partial charge in [-0.05, 0) is 43.3 Å². The molecule has 3 aromatic carbocycles. The number of phenolic OH excluding ortho intramolecular Hbond substituents is 1. The Balaban J connectivity index is 2.08. The molecule has 10 heteroatoms. The Morgan fingerprint density at radius 3 is 2.43 bits per heavy atom. The minimum Gasteiger partial charge on any atom is -0.508 e. The summed E-state index contributed by atoms with van der Waals surface area (Å²) in [4.78, 5) is 22.6. The van der Waals surface area contributed by atoms with Gasteiger partial charge in [-0.2, -0.15) is 8.42 Å². The van der Waals surface area contributed by atoms with Crippen LogP contribution in [0.25, 0.3) is 10.8 Å². The van der Waals surface area contributed by atoms with Crippen LogP contribution in [0.15, 0.2) is 53.4 Å². The molecule has 0 unspecified atom stereocenters. The zero-order chi connectivity index (χ0) is 20.6. The monoisotopic (exact) mass is 402 g/mol. The van der Waals surface area contributed by atoms with Gasteiger partial charge in [-0.3, -0.25) is 19.5 Å². The first-order valence-electron chi connectivity index (χ1n) is 7.87. The zero-order valence-electron chi connectivity index (χ0n) is 14.4. The average molecular weight is 402 g/mol. The van der Waals surface area contributed by atoms with Crippen molar-refractivity contribution in [2.75, 3.05) is 5.32 Å². The topological polar surface area (TPSA) is 147 Å². The molecule has 0 aromatic heterocycles. The normalized spacial score (nSPS) is 11.4. The number of fused-ring (bicyclic) bond motifs is 1. The molecule has 3 rings (SSSR count). The van der Waals surface area contributed by atoms with Gasteiger partial charge >= 0.3 is 0 Å². The lowest BCUT2D eigenvalue weighted by Gasteiger charge is -2.12. The lowest BCUT2D eigenvalue weighted by atomic mass is 10.1. The van der Waals surface area contributed by atoms with Gasteiger partial charge in [0.05, 0.1) is 4.92 Å². The number of hydrogen-bond donors (Lipinski definition) is 3. The summed E-state index contributed by atoms with van der Waals surface area (Å²) in [5.74, 6) is -0.839. The largest absolute Gasteiger partial charge is 0.508 e. The van der Waals surface area contributed by atoms with E-state index in [0.717, 1.165) is 12.1 Å². The maximum Gasteiger partial charge on any atom is 0.295 e. The van der Waals surface area contributed by atoms with Gasteiger partial charge in [0.1, 0.15) is 10.6 Å². The van der Waals surface area contributed by atoms with E-state index in [9.17, 15) is 33.0 Å². The smallest absolute Gasteiger partial charge is 0.295 e. The summed E-state index contributed by atoms with van der Waals surface area (Å²) < 4.78 is 32.5. The van der Waals surface area contributed by atoms with Crippen molar-refractivity contribution in [1.82, 2.24) is 0 Å². The Labute approximate surface area is 159 Å². The summed E-state index contributed by atoms with van der Waals surface area (Å²) in [6.45, 7) is 1.55. The van der Waals surface area contributed by atoms with Crippen LogP contribution >= 0.6 is 0 Å². The third-order valence-corrected chi connectivity index (χ3v) is 5.07. The predicted molar refractivity (Wildman–Crippen MR) is 101 cm³/mol. The fourth-order valence-corrected chi connectivity index (χ4v) is 3.48. The highest BCUT2D eigenvalue weighted by atomic mass is 32.2. The molecule has 0 aliphatic rings. The van der Waals surface area contributed by atoms with E-state index in [1.54, 1.807) is 6.92 Å². The Bertz CT molecular complexity index is 1240. The van der Waals surface area contributed by atoms with Gasteiger partial charge in [-0.1, -0.05) is 6.07 Å². The molecular formula is C18H14N2O7S. The highest BCUT2D eigenvalue weighted by Gasteiger charge is 2.19. The van der Waals surface area contributed by atoms with E-state index in [2.05, 4.69) is 5.32 Å². The summed E-state index contributed by atoms with van der Waals surface area (Å²) in [7, 11) is -4.53. The van der Waals surface area contributed by atoms with Crippen molar-refractivity contribution in [3.05, 3.63) is 69.8 Å². The molecule has 144 valence electrons. The molecule has 0 atom stereocenters. The van der Waals surface area contributed by atoms with Crippen molar-refractivity contribution in [2.24, 2.45) is 0 Å². The summed E-state index contributed by atoms with van der Waals surface area (Å²) in [6, 6.07) is 10.1. The molecule has 1 amide bonds. The van der Waals surface area contributed by atoms with E-state index in [1.165, 1.54) is 36.4 Å².